The number of rotatable bonds is 3. The van der Waals surface area contributed by atoms with Crippen LogP contribution in [-0.4, -0.2) is 19.4 Å². The highest BCUT2D eigenvalue weighted by Gasteiger charge is 2.37. The maximum atomic E-state index is 12.1. The highest BCUT2D eigenvalue weighted by molar-refractivity contribution is 8.02. The van der Waals surface area contributed by atoms with Crippen molar-refractivity contribution in [3.05, 3.63) is 24.3 Å². The van der Waals surface area contributed by atoms with Gasteiger partial charge in [0.15, 0.2) is 4.34 Å². The number of hydrogen-bond donors (Lipinski definition) is 0. The standard InChI is InChI=1S/C8H6F3NS2Si/c9-15(10,11)5-13-8-12-6-3-1-2-4-7(6)14-8/h1-4H,5H2. The van der Waals surface area contributed by atoms with Crippen molar-refractivity contribution in [1.82, 2.24) is 4.98 Å². The van der Waals surface area contributed by atoms with Crippen LogP contribution in [0.5, 0.6) is 0 Å². The SMILES string of the molecule is F[Si](F)(F)CSc1nc2ccccc2s1. The van der Waals surface area contributed by atoms with Gasteiger partial charge in [-0.3, -0.25) is 0 Å². The van der Waals surface area contributed by atoms with E-state index in [2.05, 4.69) is 4.98 Å². The summed E-state index contributed by atoms with van der Waals surface area (Å²) in [5.41, 5.74) is 0.772. The minimum atomic E-state index is -5.46. The van der Waals surface area contributed by atoms with Crippen molar-refractivity contribution < 1.29 is 12.3 Å². The predicted molar refractivity (Wildman–Crippen MR) is 59.4 cm³/mol. The van der Waals surface area contributed by atoms with Gasteiger partial charge in [-0.25, -0.2) is 17.3 Å². The Balaban J connectivity index is 2.16. The molecule has 1 aromatic heterocycles. The molecule has 80 valence electrons. The first-order valence-corrected chi connectivity index (χ1v) is 7.74. The van der Waals surface area contributed by atoms with Crippen LogP contribution < -0.4 is 0 Å². The minimum Gasteiger partial charge on any atom is -0.237 e. The molecule has 0 aliphatic carbocycles. The monoisotopic (exact) mass is 265 g/mol. The molecule has 0 atom stereocenters. The number of para-hydroxylation sites is 1. The molecule has 2 rings (SSSR count). The second kappa shape index (κ2) is 4.15. The Bertz CT molecular complexity index is 435. The summed E-state index contributed by atoms with van der Waals surface area (Å²) in [6, 6.07) is 7.35. The molecule has 1 aromatic carbocycles. The molecule has 0 spiro atoms. The van der Waals surface area contributed by atoms with Crippen molar-refractivity contribution in [1.29, 1.82) is 0 Å². The summed E-state index contributed by atoms with van der Waals surface area (Å²) in [4.78, 5) is 4.12. The molecular weight excluding hydrogens is 259 g/mol. The first-order chi connectivity index (χ1) is 7.04. The lowest BCUT2D eigenvalue weighted by Crippen LogP contribution is -2.18. The van der Waals surface area contributed by atoms with Crippen LogP contribution in [0.1, 0.15) is 0 Å². The van der Waals surface area contributed by atoms with Crippen molar-refractivity contribution in [2.75, 3.05) is 5.38 Å². The van der Waals surface area contributed by atoms with E-state index >= 15 is 0 Å². The van der Waals surface area contributed by atoms with Crippen molar-refractivity contribution in [3.63, 3.8) is 0 Å². The number of fused-ring (bicyclic) bond motifs is 1. The molecule has 2 aromatic rings. The zero-order valence-corrected chi connectivity index (χ0v) is 10.0. The lowest BCUT2D eigenvalue weighted by Gasteiger charge is -1.97. The van der Waals surface area contributed by atoms with E-state index in [0.29, 0.717) is 4.34 Å². The summed E-state index contributed by atoms with van der Waals surface area (Å²) in [7, 11) is -5.46. The minimum absolute atomic E-state index is 0.501. The second-order valence-electron chi connectivity index (χ2n) is 2.85. The molecular formula is C8H6F3NS2Si. The van der Waals surface area contributed by atoms with E-state index in [1.807, 2.05) is 18.2 Å². The van der Waals surface area contributed by atoms with Gasteiger partial charge in [0.05, 0.1) is 15.6 Å². The van der Waals surface area contributed by atoms with Gasteiger partial charge in [-0.2, -0.15) is 0 Å². The second-order valence-corrected chi connectivity index (χ2v) is 7.20. The molecule has 0 saturated heterocycles. The molecule has 15 heavy (non-hydrogen) atoms. The number of thiazole rings is 1. The molecule has 1 nitrogen and oxygen atoms in total. The van der Waals surface area contributed by atoms with Crippen LogP contribution in [0.4, 0.5) is 12.3 Å². The molecule has 0 saturated carbocycles. The van der Waals surface area contributed by atoms with Gasteiger partial charge in [0.1, 0.15) is 0 Å². The lowest BCUT2D eigenvalue weighted by molar-refractivity contribution is 0.485. The molecule has 0 amide bonds. The normalized spacial score (nSPS) is 12.2. The molecule has 0 radical (unpaired) electrons. The largest absolute Gasteiger partial charge is 0.627 e. The van der Waals surface area contributed by atoms with Gasteiger partial charge in [-0.1, -0.05) is 23.9 Å². The summed E-state index contributed by atoms with van der Waals surface area (Å²) >= 11 is 2.11. The quantitative estimate of drug-likeness (QED) is 0.476. The van der Waals surface area contributed by atoms with E-state index in [9.17, 15) is 12.3 Å². The van der Waals surface area contributed by atoms with Gasteiger partial charge in [-0.05, 0) is 12.1 Å². The fourth-order valence-corrected chi connectivity index (χ4v) is 4.10. The Hall–Kier alpha value is -0.533. The third-order valence-corrected chi connectivity index (χ3v) is 5.29. The van der Waals surface area contributed by atoms with E-state index in [1.54, 1.807) is 6.07 Å². The van der Waals surface area contributed by atoms with Crippen LogP contribution in [0.3, 0.4) is 0 Å². The molecule has 0 aliphatic heterocycles. The molecule has 0 bridgehead atoms. The first kappa shape index (κ1) is 11.0. The van der Waals surface area contributed by atoms with Crippen LogP contribution in [0.25, 0.3) is 10.2 Å². The van der Waals surface area contributed by atoms with Crippen LogP contribution in [0.15, 0.2) is 28.6 Å². The number of halogens is 3. The fourth-order valence-electron chi connectivity index (χ4n) is 1.06. The summed E-state index contributed by atoms with van der Waals surface area (Å²) in [6.07, 6.45) is 0. The highest BCUT2D eigenvalue weighted by Crippen LogP contribution is 2.31. The molecule has 7 heteroatoms. The maximum Gasteiger partial charge on any atom is 0.627 e. The van der Waals surface area contributed by atoms with Crippen LogP contribution in [0.2, 0.25) is 0 Å². The number of thioether (sulfide) groups is 1. The van der Waals surface area contributed by atoms with E-state index in [-0.39, 0.29) is 0 Å². The van der Waals surface area contributed by atoms with Crippen molar-refractivity contribution in [2.45, 2.75) is 4.34 Å². The molecule has 0 aliphatic rings. The maximum absolute atomic E-state index is 12.1. The zero-order chi connectivity index (χ0) is 10.9. The van der Waals surface area contributed by atoms with Crippen molar-refractivity contribution in [2.24, 2.45) is 0 Å². The molecule has 0 N–H and O–H groups in total. The Morgan fingerprint density at radius 1 is 1.27 bits per heavy atom. The van der Waals surface area contributed by atoms with Crippen LogP contribution in [-0.2, 0) is 0 Å². The lowest BCUT2D eigenvalue weighted by atomic mass is 10.3. The third-order valence-electron chi connectivity index (χ3n) is 1.63. The van der Waals surface area contributed by atoms with Gasteiger partial charge < -0.3 is 0 Å². The summed E-state index contributed by atoms with van der Waals surface area (Å²) < 4.78 is 37.7. The number of hydrogen-bond acceptors (Lipinski definition) is 3. The highest BCUT2D eigenvalue weighted by atomic mass is 32.2. The summed E-state index contributed by atoms with van der Waals surface area (Å²) in [6.45, 7) is 0. The smallest absolute Gasteiger partial charge is 0.237 e. The Morgan fingerprint density at radius 2 is 2.00 bits per heavy atom. The average molecular weight is 265 g/mol. The van der Waals surface area contributed by atoms with E-state index < -0.39 is 14.5 Å². The Labute approximate surface area is 93.9 Å². The van der Waals surface area contributed by atoms with Gasteiger partial charge in [-0.15, -0.1) is 11.3 Å². The number of nitrogens with zero attached hydrogens (tertiary/aromatic N) is 1. The van der Waals surface area contributed by atoms with E-state index in [4.69, 9.17) is 0 Å². The predicted octanol–water partition coefficient (Wildman–Crippen LogP) is 3.78. The summed E-state index contributed by atoms with van der Waals surface area (Å²) in [5, 5.41) is -0.743. The molecule has 1 heterocycles. The van der Waals surface area contributed by atoms with Gasteiger partial charge in [0.25, 0.3) is 0 Å². The van der Waals surface area contributed by atoms with Crippen molar-refractivity contribution >= 4 is 42.4 Å². The Morgan fingerprint density at radius 3 is 2.67 bits per heavy atom. The zero-order valence-electron chi connectivity index (χ0n) is 7.41. The van der Waals surface area contributed by atoms with Gasteiger partial charge >= 0.3 is 9.08 Å². The molecule has 0 unspecified atom stereocenters. The van der Waals surface area contributed by atoms with Crippen LogP contribution in [0, 0.1) is 0 Å². The van der Waals surface area contributed by atoms with Gasteiger partial charge in [0, 0.05) is 0 Å². The molecule has 0 fully saturated rings. The third kappa shape index (κ3) is 2.96. The first-order valence-electron chi connectivity index (χ1n) is 4.10. The average Bonchev–Trinajstić information content (AvgIpc) is 2.56. The Kier molecular flexibility index (Phi) is 3.03. The van der Waals surface area contributed by atoms with E-state index in [0.717, 1.165) is 22.0 Å². The van der Waals surface area contributed by atoms with Crippen LogP contribution >= 0.6 is 23.1 Å². The van der Waals surface area contributed by atoms with Crippen molar-refractivity contribution in [3.8, 4) is 0 Å². The van der Waals surface area contributed by atoms with E-state index in [1.165, 1.54) is 11.3 Å². The number of benzene rings is 1. The summed E-state index contributed by atoms with van der Waals surface area (Å²) in [5.74, 6) is 0. The topological polar surface area (TPSA) is 12.9 Å². The number of aromatic nitrogens is 1. The fraction of sp³-hybridized carbons (Fsp3) is 0.125. The van der Waals surface area contributed by atoms with Gasteiger partial charge in [0.2, 0.25) is 0 Å².